The Kier molecular flexibility index (Phi) is 4.73. The molecule has 0 radical (unpaired) electrons. The number of aromatic nitrogens is 2. The number of carbonyl (C=O) groups excluding carboxylic acids is 1. The highest BCUT2D eigenvalue weighted by Crippen LogP contribution is 2.40. The van der Waals surface area contributed by atoms with Crippen LogP contribution < -0.4 is 0 Å². The smallest absolute Gasteiger partial charge is 0.257 e. The van der Waals surface area contributed by atoms with Gasteiger partial charge in [0.25, 0.3) is 5.91 Å². The largest absolute Gasteiger partial charge is 0.380 e. The van der Waals surface area contributed by atoms with E-state index in [1.807, 2.05) is 18.9 Å². The van der Waals surface area contributed by atoms with Crippen molar-refractivity contribution in [3.63, 3.8) is 0 Å². The lowest BCUT2D eigenvalue weighted by atomic mass is 9.85. The third-order valence-corrected chi connectivity index (χ3v) is 5.69. The normalized spacial score (nSPS) is 24.5. The quantitative estimate of drug-likeness (QED) is 0.844. The van der Waals surface area contributed by atoms with Gasteiger partial charge in [0.2, 0.25) is 0 Å². The standard InChI is InChI=1S/C17H28N4O2/c1-4-23-13-15-5-6-17(20(15)3)7-9-21(10-8-17)16(22)14-11-18-19(2)12-14/h11-12,15H,4-10,13H2,1-3H3. The Labute approximate surface area is 138 Å². The lowest BCUT2D eigenvalue weighted by Gasteiger charge is -2.45. The van der Waals surface area contributed by atoms with Crippen molar-refractivity contribution < 1.29 is 9.53 Å². The van der Waals surface area contributed by atoms with Gasteiger partial charge in [-0.2, -0.15) is 5.10 Å². The minimum absolute atomic E-state index is 0.111. The fourth-order valence-corrected chi connectivity index (χ4v) is 4.08. The van der Waals surface area contributed by atoms with Gasteiger partial charge < -0.3 is 9.64 Å². The lowest BCUT2D eigenvalue weighted by Crippen LogP contribution is -2.54. The number of likely N-dealkylation sites (N-methyl/N-ethyl adjacent to an activating group) is 1. The summed E-state index contributed by atoms with van der Waals surface area (Å²) in [6.45, 7) is 5.32. The second-order valence-corrected chi connectivity index (χ2v) is 6.88. The average molecular weight is 320 g/mol. The molecule has 3 heterocycles. The van der Waals surface area contributed by atoms with E-state index in [-0.39, 0.29) is 11.4 Å². The molecule has 6 nitrogen and oxygen atoms in total. The molecule has 1 spiro atoms. The van der Waals surface area contributed by atoms with Crippen LogP contribution in [0, 0.1) is 0 Å². The van der Waals surface area contributed by atoms with Gasteiger partial charge in [0.15, 0.2) is 0 Å². The summed E-state index contributed by atoms with van der Waals surface area (Å²) in [5, 5.41) is 4.10. The van der Waals surface area contributed by atoms with Crippen molar-refractivity contribution in [1.29, 1.82) is 0 Å². The summed E-state index contributed by atoms with van der Waals surface area (Å²) in [6.07, 6.45) is 7.98. The first-order chi connectivity index (χ1) is 11.1. The van der Waals surface area contributed by atoms with E-state index in [9.17, 15) is 4.79 Å². The highest BCUT2D eigenvalue weighted by atomic mass is 16.5. The molecule has 0 N–H and O–H groups in total. The zero-order chi connectivity index (χ0) is 16.4. The minimum atomic E-state index is 0.111. The van der Waals surface area contributed by atoms with E-state index >= 15 is 0 Å². The molecule has 3 rings (SSSR count). The maximum Gasteiger partial charge on any atom is 0.257 e. The van der Waals surface area contributed by atoms with E-state index in [4.69, 9.17) is 4.74 Å². The molecule has 2 saturated heterocycles. The van der Waals surface area contributed by atoms with Crippen molar-refractivity contribution in [1.82, 2.24) is 19.6 Å². The van der Waals surface area contributed by atoms with E-state index in [0.29, 0.717) is 11.6 Å². The first-order valence-corrected chi connectivity index (χ1v) is 8.64. The van der Waals surface area contributed by atoms with Crippen molar-refractivity contribution in [2.45, 2.75) is 44.2 Å². The summed E-state index contributed by atoms with van der Waals surface area (Å²) in [5.74, 6) is 0.111. The molecule has 23 heavy (non-hydrogen) atoms. The van der Waals surface area contributed by atoms with E-state index in [0.717, 1.165) is 39.1 Å². The molecule has 128 valence electrons. The van der Waals surface area contributed by atoms with Crippen LogP contribution in [-0.4, -0.2) is 70.4 Å². The number of nitrogens with zero attached hydrogens (tertiary/aromatic N) is 4. The number of piperidine rings is 1. The Hall–Kier alpha value is -1.40. The SMILES string of the molecule is CCOCC1CCC2(CCN(C(=O)c3cnn(C)c3)CC2)N1C. The highest BCUT2D eigenvalue weighted by Gasteiger charge is 2.46. The summed E-state index contributed by atoms with van der Waals surface area (Å²) in [7, 11) is 4.07. The summed E-state index contributed by atoms with van der Waals surface area (Å²) in [6, 6.07) is 0.524. The number of likely N-dealkylation sites (tertiary alicyclic amines) is 2. The van der Waals surface area contributed by atoms with Crippen LogP contribution in [0.15, 0.2) is 12.4 Å². The maximum absolute atomic E-state index is 12.5. The number of amides is 1. The molecule has 2 fully saturated rings. The topological polar surface area (TPSA) is 50.6 Å². The maximum atomic E-state index is 12.5. The fraction of sp³-hybridized carbons (Fsp3) is 0.765. The van der Waals surface area contributed by atoms with E-state index in [1.165, 1.54) is 12.8 Å². The van der Waals surface area contributed by atoms with Crippen LogP contribution in [-0.2, 0) is 11.8 Å². The number of hydrogen-bond donors (Lipinski definition) is 0. The van der Waals surface area contributed by atoms with Crippen molar-refractivity contribution in [2.24, 2.45) is 7.05 Å². The van der Waals surface area contributed by atoms with Crippen LogP contribution in [0.5, 0.6) is 0 Å². The molecule has 1 unspecified atom stereocenters. The predicted octanol–water partition coefficient (Wildman–Crippen LogP) is 1.53. The summed E-state index contributed by atoms with van der Waals surface area (Å²) in [5.41, 5.74) is 0.950. The number of ether oxygens (including phenoxy) is 1. The summed E-state index contributed by atoms with van der Waals surface area (Å²) in [4.78, 5) is 17.0. The molecule has 1 amide bonds. The van der Waals surface area contributed by atoms with E-state index < -0.39 is 0 Å². The van der Waals surface area contributed by atoms with Gasteiger partial charge in [0, 0.05) is 44.5 Å². The molecule has 0 aromatic carbocycles. The van der Waals surface area contributed by atoms with Crippen molar-refractivity contribution >= 4 is 5.91 Å². The van der Waals surface area contributed by atoms with Gasteiger partial charge in [-0.3, -0.25) is 14.4 Å². The molecule has 1 aromatic heterocycles. The van der Waals surface area contributed by atoms with Crippen LogP contribution in [0.25, 0.3) is 0 Å². The van der Waals surface area contributed by atoms with Gasteiger partial charge in [-0.25, -0.2) is 0 Å². The average Bonchev–Trinajstić information content (AvgIpc) is 3.12. The Morgan fingerprint density at radius 1 is 1.35 bits per heavy atom. The summed E-state index contributed by atoms with van der Waals surface area (Å²) < 4.78 is 7.31. The Balaban J connectivity index is 1.59. The zero-order valence-electron chi connectivity index (χ0n) is 14.5. The number of carbonyl (C=O) groups is 1. The lowest BCUT2D eigenvalue weighted by molar-refractivity contribution is 0.0211. The number of rotatable bonds is 4. The van der Waals surface area contributed by atoms with E-state index in [2.05, 4.69) is 17.0 Å². The Morgan fingerprint density at radius 2 is 2.09 bits per heavy atom. The third-order valence-electron chi connectivity index (χ3n) is 5.69. The van der Waals surface area contributed by atoms with Crippen LogP contribution in [0.4, 0.5) is 0 Å². The van der Waals surface area contributed by atoms with Crippen LogP contribution in [0.3, 0.4) is 0 Å². The molecule has 1 atom stereocenters. The van der Waals surface area contributed by atoms with Crippen LogP contribution in [0.2, 0.25) is 0 Å². The van der Waals surface area contributed by atoms with Crippen LogP contribution >= 0.6 is 0 Å². The van der Waals surface area contributed by atoms with Gasteiger partial charge in [-0.05, 0) is 39.7 Å². The molecule has 2 aliphatic heterocycles. The van der Waals surface area contributed by atoms with E-state index in [1.54, 1.807) is 17.1 Å². The molecule has 0 bridgehead atoms. The van der Waals surface area contributed by atoms with Gasteiger partial charge in [-0.1, -0.05) is 0 Å². The predicted molar refractivity (Wildman–Crippen MR) is 88.4 cm³/mol. The van der Waals surface area contributed by atoms with Crippen molar-refractivity contribution in [3.8, 4) is 0 Å². The molecule has 0 aliphatic carbocycles. The molecule has 1 aromatic rings. The summed E-state index contributed by atoms with van der Waals surface area (Å²) >= 11 is 0. The first kappa shape index (κ1) is 16.5. The van der Waals surface area contributed by atoms with Gasteiger partial charge >= 0.3 is 0 Å². The molecular formula is C17H28N4O2. The zero-order valence-corrected chi connectivity index (χ0v) is 14.5. The fourth-order valence-electron chi connectivity index (χ4n) is 4.08. The van der Waals surface area contributed by atoms with Crippen molar-refractivity contribution in [2.75, 3.05) is 33.4 Å². The Bertz CT molecular complexity index is 549. The Morgan fingerprint density at radius 3 is 2.70 bits per heavy atom. The van der Waals surface area contributed by atoms with Gasteiger partial charge in [0.05, 0.1) is 18.4 Å². The third kappa shape index (κ3) is 3.15. The number of hydrogen-bond acceptors (Lipinski definition) is 4. The van der Waals surface area contributed by atoms with Gasteiger partial charge in [0.1, 0.15) is 0 Å². The second kappa shape index (κ2) is 6.61. The highest BCUT2D eigenvalue weighted by molar-refractivity contribution is 5.93. The van der Waals surface area contributed by atoms with Gasteiger partial charge in [-0.15, -0.1) is 0 Å². The van der Waals surface area contributed by atoms with Crippen molar-refractivity contribution in [3.05, 3.63) is 18.0 Å². The molecule has 6 heteroatoms. The molecule has 0 saturated carbocycles. The molecule has 2 aliphatic rings. The van der Waals surface area contributed by atoms with Crippen LogP contribution in [0.1, 0.15) is 43.0 Å². The number of aryl methyl sites for hydroxylation is 1. The molecular weight excluding hydrogens is 292 g/mol. The monoisotopic (exact) mass is 320 g/mol. The first-order valence-electron chi connectivity index (χ1n) is 8.64. The second-order valence-electron chi connectivity index (χ2n) is 6.88. The minimum Gasteiger partial charge on any atom is -0.380 e.